The zero-order valence-electron chi connectivity index (χ0n) is 16.2. The van der Waals surface area contributed by atoms with Crippen molar-refractivity contribution in [3.05, 3.63) is 95.6 Å². The lowest BCUT2D eigenvalue weighted by atomic mass is 10.1. The van der Waals surface area contributed by atoms with Gasteiger partial charge in [0.15, 0.2) is 6.61 Å². The molecule has 0 aromatic heterocycles. The second-order valence-electron chi connectivity index (χ2n) is 6.87. The summed E-state index contributed by atoms with van der Waals surface area (Å²) < 4.78 is 5.26. The van der Waals surface area contributed by atoms with E-state index >= 15 is 0 Å². The van der Waals surface area contributed by atoms with Crippen molar-refractivity contribution in [1.29, 1.82) is 0 Å². The van der Waals surface area contributed by atoms with Crippen LogP contribution >= 0.6 is 0 Å². The molecule has 0 radical (unpaired) electrons. The van der Waals surface area contributed by atoms with Crippen molar-refractivity contribution in [3.63, 3.8) is 0 Å². The lowest BCUT2D eigenvalue weighted by molar-refractivity contribution is -0.121. The number of carbonyl (C=O) groups excluding carboxylic acids is 3. The summed E-state index contributed by atoms with van der Waals surface area (Å²) >= 11 is 0. The van der Waals surface area contributed by atoms with E-state index in [1.54, 1.807) is 53.4 Å². The fraction of sp³-hybridized carbons (Fsp3) is 0.125. The quantitative estimate of drug-likeness (QED) is 0.663. The van der Waals surface area contributed by atoms with Gasteiger partial charge in [-0.1, -0.05) is 48.5 Å². The first kappa shape index (κ1) is 19.4. The van der Waals surface area contributed by atoms with Gasteiger partial charge in [0.05, 0.1) is 11.3 Å². The largest absolute Gasteiger partial charge is 0.452 e. The molecule has 6 nitrogen and oxygen atoms in total. The molecular weight excluding hydrogens is 380 g/mol. The molecule has 150 valence electrons. The van der Waals surface area contributed by atoms with Crippen LogP contribution in [0.15, 0.2) is 78.9 Å². The Balaban J connectivity index is 1.42. The average molecular weight is 400 g/mol. The summed E-state index contributed by atoms with van der Waals surface area (Å²) in [6.45, 7) is 0.202. The lowest BCUT2D eigenvalue weighted by Crippen LogP contribution is -2.33. The molecule has 3 aromatic rings. The minimum Gasteiger partial charge on any atom is -0.452 e. The smallest absolute Gasteiger partial charge is 0.340 e. The number of fused-ring (bicyclic) bond motifs is 1. The first-order valence-electron chi connectivity index (χ1n) is 9.64. The molecule has 6 heteroatoms. The fourth-order valence-electron chi connectivity index (χ4n) is 3.43. The summed E-state index contributed by atoms with van der Waals surface area (Å²) in [6.07, 6.45) is 0.782. The summed E-state index contributed by atoms with van der Waals surface area (Å²) in [7, 11) is 0. The maximum absolute atomic E-state index is 12.6. The zero-order chi connectivity index (χ0) is 20.9. The summed E-state index contributed by atoms with van der Waals surface area (Å²) in [5.74, 6) is -1.28. The van der Waals surface area contributed by atoms with Crippen LogP contribution < -0.4 is 10.2 Å². The number of carbonyl (C=O) groups is 3. The Labute approximate surface area is 174 Å². The molecule has 1 N–H and O–H groups in total. The highest BCUT2D eigenvalue weighted by atomic mass is 16.5. The Hall–Kier alpha value is -3.93. The molecule has 0 saturated heterocycles. The average Bonchev–Trinajstić information content (AvgIpc) is 3.22. The van der Waals surface area contributed by atoms with E-state index in [0.29, 0.717) is 17.8 Å². The van der Waals surface area contributed by atoms with Crippen LogP contribution in [0.2, 0.25) is 0 Å². The van der Waals surface area contributed by atoms with Gasteiger partial charge < -0.3 is 15.0 Å². The van der Waals surface area contributed by atoms with Gasteiger partial charge in [-0.25, -0.2) is 4.79 Å². The molecular formula is C24H20N2O4. The number of esters is 1. The van der Waals surface area contributed by atoms with E-state index in [-0.39, 0.29) is 24.0 Å². The molecule has 0 spiro atoms. The maximum Gasteiger partial charge on any atom is 0.340 e. The summed E-state index contributed by atoms with van der Waals surface area (Å²) in [5.41, 5.74) is 2.95. The molecule has 0 bridgehead atoms. The number of rotatable bonds is 5. The van der Waals surface area contributed by atoms with Crippen LogP contribution in [0.1, 0.15) is 26.3 Å². The van der Waals surface area contributed by atoms with Crippen LogP contribution in [0.3, 0.4) is 0 Å². The van der Waals surface area contributed by atoms with Crippen molar-refractivity contribution in [2.75, 3.05) is 23.4 Å². The minimum absolute atomic E-state index is 0.191. The number of amides is 2. The van der Waals surface area contributed by atoms with Gasteiger partial charge in [-0.05, 0) is 42.3 Å². The van der Waals surface area contributed by atoms with E-state index in [9.17, 15) is 14.4 Å². The monoisotopic (exact) mass is 400 g/mol. The highest BCUT2D eigenvalue weighted by Gasteiger charge is 2.25. The van der Waals surface area contributed by atoms with E-state index in [2.05, 4.69) is 5.32 Å². The number of benzene rings is 3. The van der Waals surface area contributed by atoms with Crippen LogP contribution in [-0.2, 0) is 16.0 Å². The van der Waals surface area contributed by atoms with Gasteiger partial charge >= 0.3 is 5.97 Å². The normalized spacial score (nSPS) is 12.2. The van der Waals surface area contributed by atoms with Gasteiger partial charge in [0.2, 0.25) is 0 Å². The van der Waals surface area contributed by atoms with Gasteiger partial charge in [-0.15, -0.1) is 0 Å². The molecule has 0 saturated carbocycles. The molecule has 1 aliphatic rings. The van der Waals surface area contributed by atoms with Crippen molar-refractivity contribution in [3.8, 4) is 0 Å². The van der Waals surface area contributed by atoms with E-state index in [1.165, 1.54) is 0 Å². The number of hydrogen-bond acceptors (Lipinski definition) is 4. The Kier molecular flexibility index (Phi) is 5.57. The molecule has 0 atom stereocenters. The lowest BCUT2D eigenvalue weighted by Gasteiger charge is -2.17. The summed E-state index contributed by atoms with van der Waals surface area (Å²) in [6, 6.07) is 23.0. The van der Waals surface area contributed by atoms with E-state index in [4.69, 9.17) is 4.74 Å². The van der Waals surface area contributed by atoms with Crippen LogP contribution in [0.4, 0.5) is 11.4 Å². The van der Waals surface area contributed by atoms with Crippen LogP contribution in [-0.4, -0.2) is 30.9 Å². The number of para-hydroxylation sites is 2. The maximum atomic E-state index is 12.6. The molecule has 0 aliphatic carbocycles. The Morgan fingerprint density at radius 3 is 2.40 bits per heavy atom. The highest BCUT2D eigenvalue weighted by Crippen LogP contribution is 2.27. The van der Waals surface area contributed by atoms with Crippen molar-refractivity contribution in [2.24, 2.45) is 0 Å². The van der Waals surface area contributed by atoms with Gasteiger partial charge in [0, 0.05) is 17.8 Å². The number of hydrogen-bond donors (Lipinski definition) is 1. The molecule has 2 amide bonds. The number of nitrogens with zero attached hydrogens (tertiary/aromatic N) is 1. The predicted molar refractivity (Wildman–Crippen MR) is 114 cm³/mol. The zero-order valence-corrected chi connectivity index (χ0v) is 16.2. The highest BCUT2D eigenvalue weighted by molar-refractivity contribution is 6.08. The van der Waals surface area contributed by atoms with E-state index < -0.39 is 5.97 Å². The molecule has 0 unspecified atom stereocenters. The van der Waals surface area contributed by atoms with Gasteiger partial charge in [0.25, 0.3) is 11.8 Å². The molecule has 30 heavy (non-hydrogen) atoms. The van der Waals surface area contributed by atoms with Crippen LogP contribution in [0.5, 0.6) is 0 Å². The van der Waals surface area contributed by atoms with Crippen molar-refractivity contribution >= 4 is 29.2 Å². The Bertz CT molecular complexity index is 1100. The third kappa shape index (κ3) is 4.07. The minimum atomic E-state index is -0.667. The molecule has 3 aromatic carbocycles. The predicted octanol–water partition coefficient (Wildman–Crippen LogP) is 3.69. The molecule has 1 aliphatic heterocycles. The van der Waals surface area contributed by atoms with Gasteiger partial charge in [0.1, 0.15) is 0 Å². The molecule has 4 rings (SSSR count). The van der Waals surface area contributed by atoms with E-state index in [0.717, 1.165) is 17.7 Å². The third-order valence-electron chi connectivity index (χ3n) is 4.95. The van der Waals surface area contributed by atoms with Crippen molar-refractivity contribution in [1.82, 2.24) is 0 Å². The standard InChI is InChI=1S/C24H20N2O4/c27-22(26-15-14-17-8-4-7-13-21(17)26)16-30-24(29)19-11-5-6-12-20(19)25-23(28)18-9-2-1-3-10-18/h1-13H,14-16H2,(H,25,28). The van der Waals surface area contributed by atoms with Crippen molar-refractivity contribution < 1.29 is 19.1 Å². The molecule has 0 fully saturated rings. The third-order valence-corrected chi connectivity index (χ3v) is 4.95. The topological polar surface area (TPSA) is 75.7 Å². The summed E-state index contributed by atoms with van der Waals surface area (Å²) in [5, 5.41) is 2.73. The van der Waals surface area contributed by atoms with Gasteiger partial charge in [-0.3, -0.25) is 9.59 Å². The fourth-order valence-corrected chi connectivity index (χ4v) is 3.43. The number of anilines is 2. The first-order valence-corrected chi connectivity index (χ1v) is 9.64. The Morgan fingerprint density at radius 2 is 1.57 bits per heavy atom. The number of nitrogens with one attached hydrogen (secondary N) is 1. The first-order chi connectivity index (χ1) is 14.6. The van der Waals surface area contributed by atoms with Gasteiger partial charge in [-0.2, -0.15) is 0 Å². The number of ether oxygens (including phenoxy) is 1. The summed E-state index contributed by atoms with van der Waals surface area (Å²) in [4.78, 5) is 39.2. The van der Waals surface area contributed by atoms with E-state index in [1.807, 2.05) is 30.3 Å². The molecule has 1 heterocycles. The Morgan fingerprint density at radius 1 is 0.867 bits per heavy atom. The van der Waals surface area contributed by atoms with Crippen molar-refractivity contribution in [2.45, 2.75) is 6.42 Å². The van der Waals surface area contributed by atoms with Crippen LogP contribution in [0.25, 0.3) is 0 Å². The van der Waals surface area contributed by atoms with Crippen LogP contribution in [0, 0.1) is 0 Å². The SMILES string of the molecule is O=C(Nc1ccccc1C(=O)OCC(=O)N1CCc2ccccc21)c1ccccc1. The second-order valence-corrected chi connectivity index (χ2v) is 6.87. The second kappa shape index (κ2) is 8.61.